The molecule has 164 valence electrons. The minimum atomic E-state index is -0.513. The number of hydrogen-bond donors (Lipinski definition) is 3. The predicted molar refractivity (Wildman–Crippen MR) is 117 cm³/mol. The highest BCUT2D eigenvalue weighted by Gasteiger charge is 2.21. The number of anilines is 1. The van der Waals surface area contributed by atoms with Gasteiger partial charge >= 0.3 is 6.03 Å². The third kappa shape index (κ3) is 6.94. The average molecular weight is 445 g/mol. The summed E-state index contributed by atoms with van der Waals surface area (Å²) in [6, 6.07) is 13.5. The number of nitrogens with one attached hydrogen (secondary N) is 2. The first-order chi connectivity index (χ1) is 14.9. The Morgan fingerprint density at radius 1 is 1.19 bits per heavy atom. The highest BCUT2D eigenvalue weighted by molar-refractivity contribution is 6.30. The van der Waals surface area contributed by atoms with Gasteiger partial charge in [-0.1, -0.05) is 23.7 Å². The topological polar surface area (TPSA) is 114 Å². The molecule has 2 amide bonds. The van der Waals surface area contributed by atoms with Crippen LogP contribution in [-0.2, 0) is 13.0 Å². The fraction of sp³-hybridized carbons (Fsp3) is 0.333. The summed E-state index contributed by atoms with van der Waals surface area (Å²) >= 11 is 5.89. The summed E-state index contributed by atoms with van der Waals surface area (Å²) in [5, 5.41) is 28.3. The van der Waals surface area contributed by atoms with Gasteiger partial charge in [0.1, 0.15) is 5.75 Å². The average Bonchev–Trinajstić information content (AvgIpc) is 3.23. The van der Waals surface area contributed by atoms with Gasteiger partial charge in [0.15, 0.2) is 5.82 Å². The Balaban J connectivity index is 1.74. The Kier molecular flexibility index (Phi) is 7.80. The van der Waals surface area contributed by atoms with Gasteiger partial charge in [-0.3, -0.25) is 0 Å². The number of aromatic nitrogens is 4. The van der Waals surface area contributed by atoms with E-state index in [-0.39, 0.29) is 0 Å². The number of ether oxygens (including phenoxy) is 1. The van der Waals surface area contributed by atoms with E-state index in [0.29, 0.717) is 35.9 Å². The number of nitrogens with zero attached hydrogens (tertiary/aromatic N) is 4. The SMILES string of the molecule is COc1ccc(C[C@H](NC(=O)Nc2ccc(Cl)cc2)c2nnn(CC[C@H](C)O)n2)cc1. The van der Waals surface area contributed by atoms with E-state index in [1.54, 1.807) is 38.3 Å². The zero-order valence-corrected chi connectivity index (χ0v) is 18.1. The van der Waals surface area contributed by atoms with Crippen molar-refractivity contribution < 1.29 is 14.6 Å². The van der Waals surface area contributed by atoms with Crippen LogP contribution in [0.5, 0.6) is 5.75 Å². The van der Waals surface area contributed by atoms with Crippen molar-refractivity contribution >= 4 is 23.3 Å². The Labute approximate surface area is 185 Å². The molecule has 0 radical (unpaired) electrons. The lowest BCUT2D eigenvalue weighted by atomic mass is 10.1. The van der Waals surface area contributed by atoms with Crippen molar-refractivity contribution in [2.24, 2.45) is 0 Å². The van der Waals surface area contributed by atoms with Gasteiger partial charge in [0.25, 0.3) is 0 Å². The van der Waals surface area contributed by atoms with Crippen LogP contribution in [0.1, 0.15) is 30.8 Å². The van der Waals surface area contributed by atoms with E-state index >= 15 is 0 Å². The van der Waals surface area contributed by atoms with Crippen molar-refractivity contribution in [2.45, 2.75) is 38.5 Å². The molecule has 3 rings (SSSR count). The number of hydrogen-bond acceptors (Lipinski definition) is 6. The first-order valence-electron chi connectivity index (χ1n) is 9.84. The Morgan fingerprint density at radius 3 is 2.55 bits per heavy atom. The number of tetrazole rings is 1. The summed E-state index contributed by atoms with van der Waals surface area (Å²) in [6.45, 7) is 2.13. The number of aliphatic hydroxyl groups excluding tert-OH is 1. The van der Waals surface area contributed by atoms with Gasteiger partial charge in [-0.05, 0) is 60.5 Å². The van der Waals surface area contributed by atoms with Gasteiger partial charge in [-0.15, -0.1) is 10.2 Å². The zero-order chi connectivity index (χ0) is 22.2. The molecule has 9 nitrogen and oxygen atoms in total. The van der Waals surface area contributed by atoms with Gasteiger partial charge in [0, 0.05) is 17.1 Å². The lowest BCUT2D eigenvalue weighted by molar-refractivity contribution is 0.173. The molecule has 3 N–H and O–H groups in total. The number of benzene rings is 2. The molecule has 0 fully saturated rings. The molecule has 2 atom stereocenters. The summed E-state index contributed by atoms with van der Waals surface area (Å²) in [7, 11) is 1.61. The molecule has 0 aliphatic heterocycles. The fourth-order valence-corrected chi connectivity index (χ4v) is 2.98. The van der Waals surface area contributed by atoms with E-state index in [2.05, 4.69) is 26.0 Å². The predicted octanol–water partition coefficient (Wildman–Crippen LogP) is 3.21. The van der Waals surface area contributed by atoms with E-state index < -0.39 is 18.2 Å². The molecule has 31 heavy (non-hydrogen) atoms. The second-order valence-electron chi connectivity index (χ2n) is 7.09. The molecular formula is C21H25ClN6O3. The van der Waals surface area contributed by atoms with Crippen LogP contribution in [0, 0.1) is 0 Å². The summed E-state index contributed by atoms with van der Waals surface area (Å²) < 4.78 is 5.20. The first-order valence-corrected chi connectivity index (χ1v) is 10.2. The van der Waals surface area contributed by atoms with Crippen LogP contribution in [0.15, 0.2) is 48.5 Å². The number of aryl methyl sites for hydroxylation is 1. The highest BCUT2D eigenvalue weighted by atomic mass is 35.5. The van der Waals surface area contributed by atoms with Crippen molar-refractivity contribution in [3.8, 4) is 5.75 Å². The molecule has 10 heteroatoms. The number of carbonyl (C=O) groups is 1. The molecule has 0 unspecified atom stereocenters. The maximum atomic E-state index is 12.6. The van der Waals surface area contributed by atoms with Crippen molar-refractivity contribution in [1.29, 1.82) is 0 Å². The summed E-state index contributed by atoms with van der Waals surface area (Å²) in [5.74, 6) is 1.13. The second-order valence-corrected chi connectivity index (χ2v) is 7.53. The van der Waals surface area contributed by atoms with Crippen molar-refractivity contribution in [2.75, 3.05) is 12.4 Å². The molecule has 0 bridgehead atoms. The maximum Gasteiger partial charge on any atom is 0.319 e. The quantitative estimate of drug-likeness (QED) is 0.467. The Bertz CT molecular complexity index is 976. The van der Waals surface area contributed by atoms with Crippen molar-refractivity contribution in [1.82, 2.24) is 25.5 Å². The number of methoxy groups -OCH3 is 1. The van der Waals surface area contributed by atoms with Crippen LogP contribution in [-0.4, -0.2) is 44.6 Å². The van der Waals surface area contributed by atoms with E-state index in [1.807, 2.05) is 24.3 Å². The number of urea groups is 1. The standard InChI is InChI=1S/C21H25ClN6O3/c1-14(29)11-12-28-26-20(25-27-28)19(13-15-3-9-18(31-2)10-4-15)24-21(30)23-17-7-5-16(22)6-8-17/h3-10,14,19,29H,11-13H2,1-2H3,(H2,23,24,30)/t14-,19-/m0/s1. The maximum absolute atomic E-state index is 12.6. The van der Waals surface area contributed by atoms with Crippen LogP contribution in [0.25, 0.3) is 0 Å². The lowest BCUT2D eigenvalue weighted by Crippen LogP contribution is -2.34. The summed E-state index contributed by atoms with van der Waals surface area (Å²) in [5.41, 5.74) is 1.58. The van der Waals surface area contributed by atoms with Crippen LogP contribution >= 0.6 is 11.6 Å². The minimum absolute atomic E-state index is 0.382. The van der Waals surface area contributed by atoms with Crippen LogP contribution in [0.4, 0.5) is 10.5 Å². The second kappa shape index (κ2) is 10.7. The number of aliphatic hydroxyl groups is 1. The third-order valence-corrected chi connectivity index (χ3v) is 4.79. The van der Waals surface area contributed by atoms with Crippen LogP contribution < -0.4 is 15.4 Å². The fourth-order valence-electron chi connectivity index (χ4n) is 2.85. The van der Waals surface area contributed by atoms with Gasteiger partial charge in [0.2, 0.25) is 0 Å². The number of carbonyl (C=O) groups excluding carboxylic acids is 1. The third-order valence-electron chi connectivity index (χ3n) is 4.53. The molecule has 3 aromatic rings. The first kappa shape index (κ1) is 22.5. The van der Waals surface area contributed by atoms with Gasteiger partial charge in [-0.2, -0.15) is 4.80 Å². The monoisotopic (exact) mass is 444 g/mol. The Hall–Kier alpha value is -3.17. The molecule has 0 spiro atoms. The molecule has 1 aromatic heterocycles. The largest absolute Gasteiger partial charge is 0.497 e. The zero-order valence-electron chi connectivity index (χ0n) is 17.3. The van der Waals surface area contributed by atoms with E-state index in [4.69, 9.17) is 16.3 Å². The van der Waals surface area contributed by atoms with E-state index in [0.717, 1.165) is 11.3 Å². The Morgan fingerprint density at radius 2 is 1.90 bits per heavy atom. The van der Waals surface area contributed by atoms with Crippen LogP contribution in [0.3, 0.4) is 0 Å². The van der Waals surface area contributed by atoms with Gasteiger partial charge in [-0.25, -0.2) is 4.79 Å². The van der Waals surface area contributed by atoms with E-state index in [1.165, 1.54) is 4.80 Å². The van der Waals surface area contributed by atoms with Crippen molar-refractivity contribution in [3.05, 3.63) is 64.9 Å². The molecular weight excluding hydrogens is 420 g/mol. The molecule has 0 aliphatic rings. The molecule has 2 aromatic carbocycles. The number of rotatable bonds is 9. The molecule has 1 heterocycles. The molecule has 0 saturated heterocycles. The summed E-state index contributed by atoms with van der Waals surface area (Å²) in [4.78, 5) is 14.0. The van der Waals surface area contributed by atoms with Crippen LogP contribution in [0.2, 0.25) is 5.02 Å². The normalized spacial score (nSPS) is 12.8. The lowest BCUT2D eigenvalue weighted by Gasteiger charge is -2.16. The number of halogens is 1. The van der Waals surface area contributed by atoms with Gasteiger partial charge in [0.05, 0.1) is 25.8 Å². The molecule has 0 aliphatic carbocycles. The van der Waals surface area contributed by atoms with Gasteiger partial charge < -0.3 is 20.5 Å². The van der Waals surface area contributed by atoms with E-state index in [9.17, 15) is 9.90 Å². The highest BCUT2D eigenvalue weighted by Crippen LogP contribution is 2.19. The van der Waals surface area contributed by atoms with Crippen molar-refractivity contribution in [3.63, 3.8) is 0 Å². The molecule has 0 saturated carbocycles. The number of amides is 2. The smallest absolute Gasteiger partial charge is 0.319 e. The minimum Gasteiger partial charge on any atom is -0.497 e. The summed E-state index contributed by atoms with van der Waals surface area (Å²) in [6.07, 6.45) is 0.497.